The predicted octanol–water partition coefficient (Wildman–Crippen LogP) is 5.00. The second kappa shape index (κ2) is 12.7. The molecule has 0 fully saturated rings. The normalized spacial score (nSPS) is 12.1. The van der Waals surface area contributed by atoms with Crippen molar-refractivity contribution in [3.63, 3.8) is 0 Å². The molecule has 1 N–H and O–H groups in total. The maximum atomic E-state index is 13.0. The Balaban J connectivity index is 0.00000363. The molecule has 1 atom stereocenters. The highest BCUT2D eigenvalue weighted by atomic mass is 127. The molecule has 0 radical (unpaired) electrons. The minimum atomic E-state index is -0.306. The van der Waals surface area contributed by atoms with Gasteiger partial charge in [0.2, 0.25) is 5.88 Å². The van der Waals surface area contributed by atoms with Gasteiger partial charge in [-0.1, -0.05) is 6.07 Å². The van der Waals surface area contributed by atoms with E-state index < -0.39 is 0 Å². The number of hydrogen-bond donors (Lipinski definition) is 1. The molecule has 3 rings (SSSR count). The lowest BCUT2D eigenvalue weighted by Crippen LogP contribution is -2.38. The van der Waals surface area contributed by atoms with Gasteiger partial charge >= 0.3 is 0 Å². The summed E-state index contributed by atoms with van der Waals surface area (Å²) in [6.07, 6.45) is 1.72. The van der Waals surface area contributed by atoms with Crippen molar-refractivity contribution in [1.82, 2.24) is 20.2 Å². The molecule has 10 heteroatoms. The van der Waals surface area contributed by atoms with E-state index in [0.29, 0.717) is 24.7 Å². The van der Waals surface area contributed by atoms with Crippen LogP contribution in [0.25, 0.3) is 0 Å². The number of nitrogens with one attached hydrogen (secondary N) is 1. The van der Waals surface area contributed by atoms with Crippen LogP contribution in [-0.2, 0) is 17.8 Å². The van der Waals surface area contributed by atoms with Crippen molar-refractivity contribution in [2.45, 2.75) is 26.1 Å². The summed E-state index contributed by atoms with van der Waals surface area (Å²) in [6, 6.07) is 9.52. The largest absolute Gasteiger partial charge is 0.439 e. The molecule has 0 aliphatic carbocycles. The summed E-state index contributed by atoms with van der Waals surface area (Å²) in [4.78, 5) is 15.3. The van der Waals surface area contributed by atoms with Crippen molar-refractivity contribution < 1.29 is 13.9 Å². The highest BCUT2D eigenvalue weighted by Gasteiger charge is 2.13. The quantitative estimate of drug-likeness (QED) is 0.233. The van der Waals surface area contributed by atoms with Gasteiger partial charge in [0.25, 0.3) is 0 Å². The van der Waals surface area contributed by atoms with Crippen LogP contribution in [0.2, 0.25) is 0 Å². The van der Waals surface area contributed by atoms with E-state index in [-0.39, 0.29) is 35.9 Å². The van der Waals surface area contributed by atoms with Crippen molar-refractivity contribution in [3.05, 3.63) is 70.1 Å². The third-order valence-electron chi connectivity index (χ3n) is 4.53. The first kappa shape index (κ1) is 25.9. The highest BCUT2D eigenvalue weighted by Crippen LogP contribution is 2.21. The van der Waals surface area contributed by atoms with Crippen LogP contribution in [0.5, 0.6) is 11.6 Å². The molecule has 0 aliphatic rings. The van der Waals surface area contributed by atoms with Crippen LogP contribution in [0, 0.1) is 5.82 Å². The number of ether oxygens (including phenoxy) is 2. The summed E-state index contributed by atoms with van der Waals surface area (Å²) in [5.74, 6) is 1.43. The molecular formula is C22H27FIN5O2S. The number of nitrogens with zero attached hydrogens (tertiary/aromatic N) is 4. The van der Waals surface area contributed by atoms with E-state index in [4.69, 9.17) is 9.47 Å². The van der Waals surface area contributed by atoms with Gasteiger partial charge in [-0.25, -0.2) is 14.4 Å². The molecule has 3 aromatic rings. The van der Waals surface area contributed by atoms with E-state index in [0.717, 1.165) is 22.2 Å². The third-order valence-corrected chi connectivity index (χ3v) is 5.58. The summed E-state index contributed by atoms with van der Waals surface area (Å²) in [5, 5.41) is 6.33. The fraction of sp³-hybridized carbons (Fsp3) is 0.318. The Morgan fingerprint density at radius 3 is 2.62 bits per heavy atom. The summed E-state index contributed by atoms with van der Waals surface area (Å²) in [6.45, 7) is 3.18. The van der Waals surface area contributed by atoms with Crippen molar-refractivity contribution in [2.75, 3.05) is 21.2 Å². The van der Waals surface area contributed by atoms with E-state index in [1.165, 1.54) is 12.1 Å². The van der Waals surface area contributed by atoms with Gasteiger partial charge in [-0.3, -0.25) is 4.99 Å². The predicted molar refractivity (Wildman–Crippen MR) is 135 cm³/mol. The first-order valence-corrected chi connectivity index (χ1v) is 10.6. The second-order valence-corrected chi connectivity index (χ2v) is 7.76. The Kier molecular flexibility index (Phi) is 10.3. The number of methoxy groups -OCH3 is 1. The lowest BCUT2D eigenvalue weighted by Gasteiger charge is -2.21. The molecule has 7 nitrogen and oxygen atoms in total. The molecule has 172 valence electrons. The van der Waals surface area contributed by atoms with Gasteiger partial charge in [-0.05, 0) is 36.8 Å². The van der Waals surface area contributed by atoms with Crippen LogP contribution in [0.4, 0.5) is 4.39 Å². The fourth-order valence-electron chi connectivity index (χ4n) is 2.77. The van der Waals surface area contributed by atoms with E-state index in [1.807, 2.05) is 30.3 Å². The topological polar surface area (TPSA) is 71.9 Å². The third kappa shape index (κ3) is 7.38. The smallest absolute Gasteiger partial charge is 0.219 e. The second-order valence-electron chi connectivity index (χ2n) is 6.87. The SMILES string of the molecule is CN=C(NCc1ccc(Oc2ccc(F)cc2)nc1)N(C)Cc1csc(C(C)OC)n1.I. The first-order chi connectivity index (χ1) is 15.0. The molecule has 0 saturated heterocycles. The van der Waals surface area contributed by atoms with E-state index in [1.54, 1.807) is 49.9 Å². The summed E-state index contributed by atoms with van der Waals surface area (Å²) < 4.78 is 23.9. The van der Waals surface area contributed by atoms with Crippen molar-refractivity contribution >= 4 is 41.3 Å². The maximum Gasteiger partial charge on any atom is 0.219 e. The number of thiazole rings is 1. The Bertz CT molecular complexity index is 998. The van der Waals surface area contributed by atoms with Gasteiger partial charge in [-0.15, -0.1) is 35.3 Å². The molecule has 0 bridgehead atoms. The lowest BCUT2D eigenvalue weighted by atomic mass is 10.3. The van der Waals surface area contributed by atoms with Gasteiger partial charge in [0, 0.05) is 45.4 Å². The minimum absolute atomic E-state index is 0. The average molecular weight is 571 g/mol. The minimum Gasteiger partial charge on any atom is -0.439 e. The summed E-state index contributed by atoms with van der Waals surface area (Å²) >= 11 is 1.59. The first-order valence-electron chi connectivity index (χ1n) is 9.75. The monoisotopic (exact) mass is 571 g/mol. The van der Waals surface area contributed by atoms with Crippen molar-refractivity contribution in [3.8, 4) is 11.6 Å². The Morgan fingerprint density at radius 2 is 2.00 bits per heavy atom. The fourth-order valence-corrected chi connectivity index (χ4v) is 3.61. The number of halogens is 2. The molecule has 0 spiro atoms. The van der Waals surface area contributed by atoms with E-state index in [9.17, 15) is 4.39 Å². The van der Waals surface area contributed by atoms with Crippen molar-refractivity contribution in [2.24, 2.45) is 4.99 Å². The number of aromatic nitrogens is 2. The number of benzene rings is 1. The Morgan fingerprint density at radius 1 is 1.25 bits per heavy atom. The van der Waals surface area contributed by atoms with Gasteiger partial charge < -0.3 is 19.7 Å². The van der Waals surface area contributed by atoms with Crippen LogP contribution < -0.4 is 10.1 Å². The summed E-state index contributed by atoms with van der Waals surface area (Å²) in [7, 11) is 5.39. The zero-order valence-electron chi connectivity index (χ0n) is 18.4. The van der Waals surface area contributed by atoms with Crippen LogP contribution >= 0.6 is 35.3 Å². The van der Waals surface area contributed by atoms with E-state index >= 15 is 0 Å². The lowest BCUT2D eigenvalue weighted by molar-refractivity contribution is 0.119. The Hall–Kier alpha value is -2.31. The van der Waals surface area contributed by atoms with Gasteiger partial charge in [-0.2, -0.15) is 0 Å². The maximum absolute atomic E-state index is 13.0. The average Bonchev–Trinajstić information content (AvgIpc) is 3.24. The van der Waals surface area contributed by atoms with Crippen LogP contribution in [-0.4, -0.2) is 42.0 Å². The number of guanidine groups is 1. The van der Waals surface area contributed by atoms with Gasteiger partial charge in [0.1, 0.15) is 22.7 Å². The van der Waals surface area contributed by atoms with Crippen LogP contribution in [0.1, 0.15) is 29.3 Å². The molecular weight excluding hydrogens is 544 g/mol. The molecule has 0 aliphatic heterocycles. The van der Waals surface area contributed by atoms with Gasteiger partial charge in [0.05, 0.1) is 12.2 Å². The van der Waals surface area contributed by atoms with Crippen molar-refractivity contribution in [1.29, 1.82) is 0 Å². The number of pyridine rings is 1. The molecule has 0 amide bonds. The Labute approximate surface area is 208 Å². The molecule has 2 aromatic heterocycles. The molecule has 2 heterocycles. The van der Waals surface area contributed by atoms with Crippen LogP contribution in [0.3, 0.4) is 0 Å². The highest BCUT2D eigenvalue weighted by molar-refractivity contribution is 14.0. The van der Waals surface area contributed by atoms with Gasteiger partial charge in [0.15, 0.2) is 5.96 Å². The molecule has 32 heavy (non-hydrogen) atoms. The molecule has 1 unspecified atom stereocenters. The standard InChI is InChI=1S/C22H26FN5O2S.HI/c1-15(29-4)21-27-18(14-31-21)13-28(3)22(24-2)26-12-16-5-10-20(25-11-16)30-19-8-6-17(23)7-9-19;/h5-11,14-15H,12-13H2,1-4H3,(H,24,26);1H. The van der Waals surface area contributed by atoms with E-state index in [2.05, 4.69) is 20.3 Å². The zero-order valence-corrected chi connectivity index (χ0v) is 21.6. The number of rotatable bonds is 8. The van der Waals surface area contributed by atoms with Crippen LogP contribution in [0.15, 0.2) is 53.0 Å². The molecule has 0 saturated carbocycles. The number of aliphatic imine (C=N–C) groups is 1. The summed E-state index contributed by atoms with van der Waals surface area (Å²) in [5.41, 5.74) is 1.95. The molecule has 1 aromatic carbocycles. The zero-order chi connectivity index (χ0) is 22.2. The number of hydrogen-bond acceptors (Lipinski definition) is 6.